The number of hydrogen-bond acceptors (Lipinski definition) is 8. The topological polar surface area (TPSA) is 171 Å². The lowest BCUT2D eigenvalue weighted by atomic mass is 10.1. The van der Waals surface area contributed by atoms with Crippen molar-refractivity contribution in [1.82, 2.24) is 24.5 Å². The van der Waals surface area contributed by atoms with Gasteiger partial charge in [0.05, 0.1) is 27.8 Å². The second-order valence-electron chi connectivity index (χ2n) is 9.62. The lowest BCUT2D eigenvalue weighted by Crippen LogP contribution is -2.04. The Morgan fingerprint density at radius 2 is 1.67 bits per heavy atom. The Balaban J connectivity index is 0.000000342. The first-order valence-corrected chi connectivity index (χ1v) is 14.1. The normalized spacial score (nSPS) is 11.0. The minimum absolute atomic E-state index is 0. The van der Waals surface area contributed by atoms with Crippen LogP contribution in [0.15, 0.2) is 65.7 Å². The van der Waals surface area contributed by atoms with Crippen LogP contribution in [0.5, 0.6) is 0 Å². The third kappa shape index (κ3) is 7.18. The molecule has 0 aliphatic carbocycles. The Bertz CT molecular complexity index is 1840. The van der Waals surface area contributed by atoms with Crippen LogP contribution in [-0.4, -0.2) is 49.2 Å². The van der Waals surface area contributed by atoms with Crippen molar-refractivity contribution < 1.29 is 27.6 Å². The number of imidazole rings is 1. The fourth-order valence-electron chi connectivity index (χ4n) is 4.23. The van der Waals surface area contributed by atoms with Crippen molar-refractivity contribution >= 4 is 39.2 Å². The summed E-state index contributed by atoms with van der Waals surface area (Å²) in [6.45, 7) is 9.70. The number of pyridine rings is 1. The van der Waals surface area contributed by atoms with Crippen LogP contribution in [0.3, 0.4) is 0 Å². The smallest absolute Gasteiger partial charge is 0.294 e. The molecule has 0 saturated carbocycles. The number of halogens is 1. The SMILES string of the molecule is Cc1ccc(S(=O)(=O)O)cc1.Cc1nc(Nc2ncc(F)c(-c3ccc4nc(C)n(C(C)C)c4c3)n2)ccc1C=O.O. The van der Waals surface area contributed by atoms with Gasteiger partial charge in [-0.15, -0.1) is 0 Å². The largest absolute Gasteiger partial charge is 0.412 e. The summed E-state index contributed by atoms with van der Waals surface area (Å²) in [5.74, 6) is 1.07. The molecule has 0 bridgehead atoms. The number of rotatable bonds is 6. The van der Waals surface area contributed by atoms with Crippen molar-refractivity contribution in [3.8, 4) is 11.3 Å². The van der Waals surface area contributed by atoms with Gasteiger partial charge in [0.2, 0.25) is 5.95 Å². The van der Waals surface area contributed by atoms with Gasteiger partial charge in [-0.25, -0.2) is 24.3 Å². The predicted molar refractivity (Wildman–Crippen MR) is 158 cm³/mol. The maximum absolute atomic E-state index is 14.6. The average molecular weight is 595 g/mol. The molecule has 3 aromatic heterocycles. The minimum atomic E-state index is -4.02. The molecule has 4 N–H and O–H groups in total. The first kappa shape index (κ1) is 31.9. The highest BCUT2D eigenvalue weighted by molar-refractivity contribution is 7.85. The van der Waals surface area contributed by atoms with E-state index in [9.17, 15) is 17.6 Å². The molecule has 5 aromatic rings. The van der Waals surface area contributed by atoms with E-state index in [4.69, 9.17) is 4.55 Å². The molecule has 2 aromatic carbocycles. The van der Waals surface area contributed by atoms with Crippen LogP contribution in [0, 0.1) is 26.6 Å². The van der Waals surface area contributed by atoms with Crippen molar-refractivity contribution in [3.05, 3.63) is 89.3 Å². The van der Waals surface area contributed by atoms with E-state index in [1.807, 2.05) is 26.0 Å². The summed E-state index contributed by atoms with van der Waals surface area (Å²) in [6, 6.07) is 15.1. The van der Waals surface area contributed by atoms with Gasteiger partial charge in [0.15, 0.2) is 12.1 Å². The number of nitrogens with zero attached hydrogens (tertiary/aromatic N) is 5. The van der Waals surface area contributed by atoms with Gasteiger partial charge in [0, 0.05) is 17.2 Å². The third-order valence-corrected chi connectivity index (χ3v) is 7.08. The summed E-state index contributed by atoms with van der Waals surface area (Å²) < 4.78 is 46.3. The molecule has 3 heterocycles. The summed E-state index contributed by atoms with van der Waals surface area (Å²) >= 11 is 0. The number of benzene rings is 2. The Hall–Kier alpha value is -4.59. The van der Waals surface area contributed by atoms with Gasteiger partial charge in [0.25, 0.3) is 10.1 Å². The quantitative estimate of drug-likeness (QED) is 0.198. The average Bonchev–Trinajstić information content (AvgIpc) is 3.25. The number of aromatic nitrogens is 5. The van der Waals surface area contributed by atoms with Crippen molar-refractivity contribution in [3.63, 3.8) is 0 Å². The monoisotopic (exact) mass is 594 g/mol. The Morgan fingerprint density at radius 3 is 2.26 bits per heavy atom. The van der Waals surface area contributed by atoms with Crippen LogP contribution < -0.4 is 5.32 Å². The molecule has 11 nitrogen and oxygen atoms in total. The highest BCUT2D eigenvalue weighted by Crippen LogP contribution is 2.28. The summed E-state index contributed by atoms with van der Waals surface area (Å²) in [7, 11) is -4.02. The van der Waals surface area contributed by atoms with Crippen LogP contribution in [-0.2, 0) is 10.1 Å². The van der Waals surface area contributed by atoms with Gasteiger partial charge >= 0.3 is 0 Å². The Kier molecular flexibility index (Phi) is 9.83. The molecule has 0 saturated heterocycles. The van der Waals surface area contributed by atoms with E-state index >= 15 is 0 Å². The number of fused-ring (bicyclic) bond motifs is 1. The first-order chi connectivity index (χ1) is 19.4. The molecule has 0 spiro atoms. The molecule has 5 rings (SSSR count). The van der Waals surface area contributed by atoms with Gasteiger partial charge in [-0.1, -0.05) is 23.8 Å². The molecule has 0 fully saturated rings. The molecule has 0 amide bonds. The van der Waals surface area contributed by atoms with E-state index in [0.29, 0.717) is 22.6 Å². The van der Waals surface area contributed by atoms with Gasteiger partial charge in [-0.05, 0) is 71.0 Å². The zero-order chi connectivity index (χ0) is 29.9. The maximum atomic E-state index is 14.6. The molecular formula is C29H31FN6O5S. The van der Waals surface area contributed by atoms with E-state index in [2.05, 4.69) is 43.7 Å². The van der Waals surface area contributed by atoms with Crippen molar-refractivity contribution in [2.75, 3.05) is 5.32 Å². The Morgan fingerprint density at radius 1 is 0.976 bits per heavy atom. The maximum Gasteiger partial charge on any atom is 0.294 e. The Labute approximate surface area is 242 Å². The van der Waals surface area contributed by atoms with Gasteiger partial charge in [-0.3, -0.25) is 9.35 Å². The number of hydrogen-bond donors (Lipinski definition) is 2. The minimum Gasteiger partial charge on any atom is -0.412 e. The van der Waals surface area contributed by atoms with Crippen LogP contribution in [0.25, 0.3) is 22.3 Å². The van der Waals surface area contributed by atoms with Crippen LogP contribution in [0.2, 0.25) is 0 Å². The zero-order valence-corrected chi connectivity index (χ0v) is 24.4. The lowest BCUT2D eigenvalue weighted by Gasteiger charge is -2.12. The van der Waals surface area contributed by atoms with Crippen LogP contribution in [0.4, 0.5) is 16.2 Å². The molecule has 0 atom stereocenters. The molecule has 0 aliphatic rings. The van der Waals surface area contributed by atoms with Crippen molar-refractivity contribution in [1.29, 1.82) is 0 Å². The summed E-state index contributed by atoms with van der Waals surface area (Å²) in [5, 5.41) is 2.97. The van der Waals surface area contributed by atoms with Crippen molar-refractivity contribution in [2.24, 2.45) is 0 Å². The standard InChI is InChI=1S/C22H21FN6O.C7H8O3S.H2O/c1-12(2)29-14(4)26-18-7-5-15(9-19(18)29)21-17(23)10-24-22(28-21)27-20-8-6-16(11-30)13(3)25-20;1-6-2-4-7(5-3-6)11(8,9)10;/h5-12H,1-4H3,(H,24,25,27,28);2-5H,1H3,(H,8,9,10);1H2. The van der Waals surface area contributed by atoms with Crippen LogP contribution >= 0.6 is 0 Å². The third-order valence-electron chi connectivity index (χ3n) is 6.21. The van der Waals surface area contributed by atoms with Gasteiger partial charge < -0.3 is 15.4 Å². The molecule has 220 valence electrons. The fourth-order valence-corrected chi connectivity index (χ4v) is 4.71. The second-order valence-corrected chi connectivity index (χ2v) is 11.0. The van der Waals surface area contributed by atoms with E-state index in [1.54, 1.807) is 37.3 Å². The number of carbonyl (C=O) groups is 1. The highest BCUT2D eigenvalue weighted by Gasteiger charge is 2.15. The molecule has 42 heavy (non-hydrogen) atoms. The van der Waals surface area contributed by atoms with Crippen LogP contribution in [0.1, 0.15) is 47.3 Å². The number of aryl methyl sites for hydroxylation is 3. The van der Waals surface area contributed by atoms with E-state index in [0.717, 1.165) is 34.9 Å². The number of nitrogens with one attached hydrogen (secondary N) is 1. The van der Waals surface area contributed by atoms with Gasteiger partial charge in [0.1, 0.15) is 17.3 Å². The van der Waals surface area contributed by atoms with E-state index < -0.39 is 15.9 Å². The predicted octanol–water partition coefficient (Wildman–Crippen LogP) is 5.20. The van der Waals surface area contributed by atoms with E-state index in [-0.39, 0.29) is 28.1 Å². The molecule has 0 unspecified atom stereocenters. The van der Waals surface area contributed by atoms with Crippen molar-refractivity contribution in [2.45, 2.75) is 45.6 Å². The van der Waals surface area contributed by atoms with E-state index in [1.165, 1.54) is 12.1 Å². The molecule has 0 radical (unpaired) electrons. The molecule has 0 aliphatic heterocycles. The highest BCUT2D eigenvalue weighted by atomic mass is 32.2. The number of aldehydes is 1. The first-order valence-electron chi connectivity index (χ1n) is 12.6. The summed E-state index contributed by atoms with van der Waals surface area (Å²) in [6.07, 6.45) is 1.88. The second kappa shape index (κ2) is 12.9. The summed E-state index contributed by atoms with van der Waals surface area (Å²) in [5.41, 5.74) is 4.64. The molecular weight excluding hydrogens is 563 g/mol. The zero-order valence-electron chi connectivity index (χ0n) is 23.6. The fraction of sp³-hybridized carbons (Fsp3) is 0.207. The number of anilines is 2. The van der Waals surface area contributed by atoms with Gasteiger partial charge in [-0.2, -0.15) is 8.42 Å². The lowest BCUT2D eigenvalue weighted by molar-refractivity contribution is 0.112. The molecule has 13 heteroatoms. The number of carbonyl (C=O) groups excluding carboxylic acids is 1. The summed E-state index contributed by atoms with van der Waals surface area (Å²) in [4.78, 5) is 28.2.